The molecule has 2 amide bonds. The van der Waals surface area contributed by atoms with Crippen molar-refractivity contribution in [3.8, 4) is 5.75 Å². The van der Waals surface area contributed by atoms with Crippen LogP contribution in [-0.4, -0.2) is 23.5 Å². The number of hydrogen-bond acceptors (Lipinski definition) is 4. The zero-order valence-corrected chi connectivity index (χ0v) is 18.4. The summed E-state index contributed by atoms with van der Waals surface area (Å²) in [5.41, 5.74) is 1.48. The van der Waals surface area contributed by atoms with E-state index < -0.39 is 5.91 Å². The van der Waals surface area contributed by atoms with Gasteiger partial charge >= 0.3 is 0 Å². The monoisotopic (exact) mass is 473 g/mol. The lowest BCUT2D eigenvalue weighted by Gasteiger charge is -2.14. The van der Waals surface area contributed by atoms with Crippen LogP contribution in [0, 0.1) is 0 Å². The molecule has 0 spiro atoms. The van der Waals surface area contributed by atoms with Crippen LogP contribution in [0.25, 0.3) is 0 Å². The average molecular weight is 474 g/mol. The molecule has 3 aromatic rings. The Morgan fingerprint density at radius 1 is 0.903 bits per heavy atom. The molecule has 0 fully saturated rings. The van der Waals surface area contributed by atoms with Crippen molar-refractivity contribution in [1.29, 1.82) is 0 Å². The van der Waals surface area contributed by atoms with Crippen molar-refractivity contribution in [3.05, 3.63) is 88.4 Å². The van der Waals surface area contributed by atoms with Crippen molar-refractivity contribution in [2.75, 3.05) is 17.2 Å². The maximum Gasteiger partial charge on any atom is 0.264 e. The number of halogens is 2. The highest BCUT2D eigenvalue weighted by Crippen LogP contribution is 2.27. The van der Waals surface area contributed by atoms with Gasteiger partial charge in [-0.3, -0.25) is 14.9 Å². The third-order valence-corrected chi connectivity index (χ3v) is 4.69. The van der Waals surface area contributed by atoms with Crippen molar-refractivity contribution in [2.45, 2.75) is 0 Å². The van der Waals surface area contributed by atoms with Crippen LogP contribution in [0.3, 0.4) is 0 Å². The summed E-state index contributed by atoms with van der Waals surface area (Å²) in [6.07, 6.45) is 0. The van der Waals surface area contributed by atoms with Gasteiger partial charge in [0.2, 0.25) is 0 Å². The van der Waals surface area contributed by atoms with Gasteiger partial charge in [0, 0.05) is 10.7 Å². The number of carbonyl (C=O) groups is 2. The molecule has 158 valence electrons. The van der Waals surface area contributed by atoms with E-state index in [-0.39, 0.29) is 17.6 Å². The molecule has 3 aromatic carbocycles. The van der Waals surface area contributed by atoms with Gasteiger partial charge in [-0.15, -0.1) is 0 Å². The number of anilines is 2. The van der Waals surface area contributed by atoms with E-state index in [4.69, 9.17) is 40.2 Å². The van der Waals surface area contributed by atoms with Gasteiger partial charge in [-0.25, -0.2) is 0 Å². The molecule has 0 atom stereocenters. The van der Waals surface area contributed by atoms with E-state index in [9.17, 15) is 9.59 Å². The average Bonchev–Trinajstić information content (AvgIpc) is 2.74. The number of benzene rings is 3. The van der Waals surface area contributed by atoms with Gasteiger partial charge < -0.3 is 15.4 Å². The van der Waals surface area contributed by atoms with Gasteiger partial charge in [0.25, 0.3) is 11.8 Å². The van der Waals surface area contributed by atoms with Crippen molar-refractivity contribution in [1.82, 2.24) is 5.32 Å². The molecule has 31 heavy (non-hydrogen) atoms. The molecule has 0 aliphatic heterocycles. The minimum absolute atomic E-state index is 0.0239. The maximum atomic E-state index is 12.6. The first-order valence-corrected chi connectivity index (χ1v) is 10.2. The van der Waals surface area contributed by atoms with Gasteiger partial charge in [0.05, 0.1) is 16.3 Å². The fourth-order valence-corrected chi connectivity index (χ4v) is 3.25. The fraction of sp³-hybridized carbons (Fsp3) is 0.0455. The first-order chi connectivity index (χ1) is 14.9. The number of hydrogen-bond donors (Lipinski definition) is 3. The Bertz CT molecular complexity index is 1110. The van der Waals surface area contributed by atoms with Crippen molar-refractivity contribution in [2.24, 2.45) is 0 Å². The van der Waals surface area contributed by atoms with Crippen LogP contribution in [0.5, 0.6) is 5.75 Å². The van der Waals surface area contributed by atoms with E-state index in [1.54, 1.807) is 48.5 Å². The van der Waals surface area contributed by atoms with Crippen LogP contribution in [0.15, 0.2) is 72.8 Å². The molecule has 0 bridgehead atoms. The Morgan fingerprint density at radius 3 is 2.35 bits per heavy atom. The number of carbonyl (C=O) groups excluding carboxylic acids is 2. The first-order valence-electron chi connectivity index (χ1n) is 9.06. The SMILES string of the molecule is O=C(COc1ccc(Cl)cc1Cl)NC(=S)Nc1ccccc1C(=O)Nc1ccccc1. The summed E-state index contributed by atoms with van der Waals surface area (Å²) in [6.45, 7) is -0.306. The van der Waals surface area contributed by atoms with Crippen LogP contribution < -0.4 is 20.7 Å². The Morgan fingerprint density at radius 2 is 1.61 bits per heavy atom. The lowest BCUT2D eigenvalue weighted by atomic mass is 10.1. The zero-order chi connectivity index (χ0) is 22.2. The highest BCUT2D eigenvalue weighted by atomic mass is 35.5. The molecule has 0 aliphatic rings. The molecule has 0 saturated carbocycles. The van der Waals surface area contributed by atoms with E-state index in [1.165, 1.54) is 6.07 Å². The molecule has 0 saturated heterocycles. The summed E-state index contributed by atoms with van der Waals surface area (Å²) in [5.74, 6) is -0.484. The minimum atomic E-state index is -0.491. The second-order valence-electron chi connectivity index (χ2n) is 6.23. The standard InChI is InChI=1S/C22H17Cl2N3O3S/c23-14-10-11-19(17(24)12-14)30-13-20(28)27-22(31)26-18-9-5-4-8-16(18)21(29)25-15-6-2-1-3-7-15/h1-12H,13H2,(H,25,29)(H2,26,27,28,31). The first kappa shape index (κ1) is 22.6. The number of rotatable bonds is 6. The second-order valence-corrected chi connectivity index (χ2v) is 7.48. The summed E-state index contributed by atoms with van der Waals surface area (Å²) in [6, 6.07) is 20.6. The van der Waals surface area contributed by atoms with Crippen LogP contribution >= 0.6 is 35.4 Å². The summed E-state index contributed by atoms with van der Waals surface area (Å²) in [5, 5.41) is 8.95. The third kappa shape index (κ3) is 6.68. The van der Waals surface area contributed by atoms with Crippen LogP contribution in [-0.2, 0) is 4.79 Å². The Kier molecular flexibility index (Phi) is 7.83. The Balaban J connectivity index is 1.57. The quantitative estimate of drug-likeness (QED) is 0.432. The van der Waals surface area contributed by atoms with E-state index in [1.807, 2.05) is 18.2 Å². The molecule has 0 aliphatic carbocycles. The highest BCUT2D eigenvalue weighted by molar-refractivity contribution is 7.80. The molecule has 0 unspecified atom stereocenters. The molecular formula is C22H17Cl2N3O3S. The Labute approximate surface area is 194 Å². The molecule has 0 aromatic heterocycles. The second kappa shape index (κ2) is 10.8. The Hall–Kier alpha value is -3.13. The van der Waals surface area contributed by atoms with Gasteiger partial charge in [-0.2, -0.15) is 0 Å². The number of nitrogens with one attached hydrogen (secondary N) is 3. The number of thiocarbonyl (C=S) groups is 1. The number of para-hydroxylation sites is 2. The maximum absolute atomic E-state index is 12.6. The van der Waals surface area contributed by atoms with Gasteiger partial charge in [-0.1, -0.05) is 53.5 Å². The molecule has 3 N–H and O–H groups in total. The summed E-state index contributed by atoms with van der Waals surface area (Å²) in [7, 11) is 0. The largest absolute Gasteiger partial charge is 0.482 e. The predicted molar refractivity (Wildman–Crippen MR) is 127 cm³/mol. The molecule has 3 rings (SSSR count). The summed E-state index contributed by atoms with van der Waals surface area (Å²) in [4.78, 5) is 24.8. The number of ether oxygens (including phenoxy) is 1. The highest BCUT2D eigenvalue weighted by Gasteiger charge is 2.14. The lowest BCUT2D eigenvalue weighted by Crippen LogP contribution is -2.37. The molecule has 9 heteroatoms. The van der Waals surface area contributed by atoms with Crippen LogP contribution in [0.2, 0.25) is 10.0 Å². The van der Waals surface area contributed by atoms with E-state index in [0.29, 0.717) is 32.7 Å². The van der Waals surface area contributed by atoms with Crippen LogP contribution in [0.4, 0.5) is 11.4 Å². The van der Waals surface area contributed by atoms with Crippen molar-refractivity contribution < 1.29 is 14.3 Å². The molecule has 0 heterocycles. The zero-order valence-electron chi connectivity index (χ0n) is 16.0. The predicted octanol–water partition coefficient (Wildman–Crippen LogP) is 5.14. The smallest absolute Gasteiger partial charge is 0.264 e. The normalized spacial score (nSPS) is 10.1. The molecule has 6 nitrogen and oxygen atoms in total. The van der Waals surface area contributed by atoms with Gasteiger partial charge in [0.15, 0.2) is 11.7 Å². The fourth-order valence-electron chi connectivity index (χ4n) is 2.56. The summed E-state index contributed by atoms with van der Waals surface area (Å²) < 4.78 is 5.38. The molecule has 0 radical (unpaired) electrons. The topological polar surface area (TPSA) is 79.5 Å². The third-order valence-electron chi connectivity index (χ3n) is 3.96. The van der Waals surface area contributed by atoms with E-state index in [0.717, 1.165) is 0 Å². The summed E-state index contributed by atoms with van der Waals surface area (Å²) >= 11 is 17.0. The lowest BCUT2D eigenvalue weighted by molar-refractivity contribution is -0.121. The van der Waals surface area contributed by atoms with Gasteiger partial charge in [-0.05, 0) is 54.7 Å². The van der Waals surface area contributed by atoms with Crippen molar-refractivity contribution >= 4 is 63.7 Å². The minimum Gasteiger partial charge on any atom is -0.482 e. The van der Waals surface area contributed by atoms with E-state index in [2.05, 4.69) is 16.0 Å². The van der Waals surface area contributed by atoms with Crippen molar-refractivity contribution in [3.63, 3.8) is 0 Å². The van der Waals surface area contributed by atoms with E-state index >= 15 is 0 Å². The molecular weight excluding hydrogens is 457 g/mol. The van der Waals surface area contributed by atoms with Gasteiger partial charge in [0.1, 0.15) is 5.75 Å². The van der Waals surface area contributed by atoms with Crippen LogP contribution in [0.1, 0.15) is 10.4 Å². The number of amides is 2.